The molecule has 4 heteroatoms. The average Bonchev–Trinajstić information content (AvgIpc) is 3.23. The van der Waals surface area contributed by atoms with Crippen LogP contribution in [0.1, 0.15) is 38.7 Å². The summed E-state index contributed by atoms with van der Waals surface area (Å²) in [6.45, 7) is 8.28. The molecule has 0 aliphatic carbocycles. The van der Waals surface area contributed by atoms with Crippen molar-refractivity contribution in [2.75, 3.05) is 32.8 Å². The van der Waals surface area contributed by atoms with Gasteiger partial charge in [-0.15, -0.1) is 0 Å². The minimum absolute atomic E-state index is 0.0872. The van der Waals surface area contributed by atoms with Crippen molar-refractivity contribution in [1.82, 2.24) is 4.90 Å². The van der Waals surface area contributed by atoms with Gasteiger partial charge in [-0.1, -0.05) is 56.3 Å². The van der Waals surface area contributed by atoms with Crippen molar-refractivity contribution in [3.05, 3.63) is 48.0 Å². The largest absolute Gasteiger partial charge is 0.464 e. The average molecular weight is 384 g/mol. The highest BCUT2D eigenvalue weighted by molar-refractivity contribution is 5.83. The van der Waals surface area contributed by atoms with E-state index in [4.69, 9.17) is 9.47 Å². The molecule has 1 saturated heterocycles. The fourth-order valence-corrected chi connectivity index (χ4v) is 3.99. The molecular weight excluding hydrogens is 350 g/mol. The van der Waals surface area contributed by atoms with Gasteiger partial charge in [-0.2, -0.15) is 0 Å². The van der Waals surface area contributed by atoms with E-state index in [2.05, 4.69) is 61.2 Å². The molecule has 152 valence electrons. The molecule has 0 radical (unpaired) electrons. The molecule has 0 spiro atoms. The lowest BCUT2D eigenvalue weighted by Gasteiger charge is -2.21. The van der Waals surface area contributed by atoms with E-state index < -0.39 is 0 Å². The number of ether oxygens (including phenoxy) is 2. The fourth-order valence-electron chi connectivity index (χ4n) is 3.99. The SMILES string of the molecule is CCN(CC)CCOC(=O)[C@@H](Cc1ccc2ccccc2c1)C[C@H]1CCCO1. The predicted molar refractivity (Wildman–Crippen MR) is 113 cm³/mol. The first kappa shape index (κ1) is 20.8. The third-order valence-corrected chi connectivity index (χ3v) is 5.75. The maximum Gasteiger partial charge on any atom is 0.309 e. The van der Waals surface area contributed by atoms with E-state index >= 15 is 0 Å². The van der Waals surface area contributed by atoms with E-state index in [1.54, 1.807) is 0 Å². The van der Waals surface area contributed by atoms with Gasteiger partial charge >= 0.3 is 5.97 Å². The Morgan fingerprint density at radius 3 is 2.68 bits per heavy atom. The van der Waals surface area contributed by atoms with Gasteiger partial charge in [-0.25, -0.2) is 0 Å². The lowest BCUT2D eigenvalue weighted by Crippen LogP contribution is -2.30. The number of carbonyl (C=O) groups is 1. The minimum Gasteiger partial charge on any atom is -0.464 e. The maximum absolute atomic E-state index is 12.9. The summed E-state index contributed by atoms with van der Waals surface area (Å²) in [6, 6.07) is 14.8. The number of rotatable bonds is 10. The van der Waals surface area contributed by atoms with Crippen LogP contribution in [-0.4, -0.2) is 49.8 Å². The van der Waals surface area contributed by atoms with Crippen LogP contribution >= 0.6 is 0 Å². The Morgan fingerprint density at radius 1 is 1.18 bits per heavy atom. The van der Waals surface area contributed by atoms with Crippen molar-refractivity contribution in [3.8, 4) is 0 Å². The number of nitrogens with zero attached hydrogens (tertiary/aromatic N) is 1. The number of hydrogen-bond acceptors (Lipinski definition) is 4. The normalized spacial score (nSPS) is 17.9. The molecule has 0 N–H and O–H groups in total. The van der Waals surface area contributed by atoms with Crippen LogP contribution in [0.15, 0.2) is 42.5 Å². The first-order valence-corrected chi connectivity index (χ1v) is 10.7. The van der Waals surface area contributed by atoms with E-state index in [1.165, 1.54) is 16.3 Å². The molecule has 0 saturated carbocycles. The van der Waals surface area contributed by atoms with E-state index in [0.29, 0.717) is 13.0 Å². The summed E-state index contributed by atoms with van der Waals surface area (Å²) in [7, 11) is 0. The van der Waals surface area contributed by atoms with E-state index in [0.717, 1.165) is 45.5 Å². The Bertz CT molecular complexity index is 750. The lowest BCUT2D eigenvalue weighted by atomic mass is 9.92. The fraction of sp³-hybridized carbons (Fsp3) is 0.542. The van der Waals surface area contributed by atoms with Crippen LogP contribution in [0, 0.1) is 5.92 Å². The van der Waals surface area contributed by atoms with E-state index in [-0.39, 0.29) is 18.0 Å². The number of hydrogen-bond donors (Lipinski definition) is 0. The molecule has 1 aliphatic heterocycles. The van der Waals surface area contributed by atoms with Crippen LogP contribution in [0.5, 0.6) is 0 Å². The molecule has 2 aromatic rings. The van der Waals surface area contributed by atoms with E-state index in [9.17, 15) is 4.79 Å². The number of esters is 1. The Labute approximate surface area is 168 Å². The smallest absolute Gasteiger partial charge is 0.309 e. The van der Waals surface area contributed by atoms with Crippen molar-refractivity contribution in [1.29, 1.82) is 0 Å². The molecule has 1 heterocycles. The van der Waals surface area contributed by atoms with Crippen molar-refractivity contribution in [2.24, 2.45) is 5.92 Å². The molecule has 1 fully saturated rings. The Kier molecular flexibility index (Phi) is 7.87. The van der Waals surface area contributed by atoms with Crippen molar-refractivity contribution in [3.63, 3.8) is 0 Å². The van der Waals surface area contributed by atoms with Crippen LogP contribution < -0.4 is 0 Å². The molecule has 0 unspecified atom stereocenters. The van der Waals surface area contributed by atoms with Gasteiger partial charge in [0, 0.05) is 13.2 Å². The van der Waals surface area contributed by atoms with Crippen molar-refractivity contribution >= 4 is 16.7 Å². The van der Waals surface area contributed by atoms with Gasteiger partial charge in [0.25, 0.3) is 0 Å². The number of fused-ring (bicyclic) bond motifs is 1. The molecule has 3 rings (SSSR count). The predicted octanol–water partition coefficient (Wildman–Crippen LogP) is 4.45. The minimum atomic E-state index is -0.152. The summed E-state index contributed by atoms with van der Waals surface area (Å²) >= 11 is 0. The highest BCUT2D eigenvalue weighted by Crippen LogP contribution is 2.25. The Hall–Kier alpha value is -1.91. The highest BCUT2D eigenvalue weighted by atomic mass is 16.5. The third-order valence-electron chi connectivity index (χ3n) is 5.75. The molecule has 0 amide bonds. The lowest BCUT2D eigenvalue weighted by molar-refractivity contribution is -0.150. The standard InChI is InChI=1S/C24H33NO3/c1-3-25(4-2)13-15-28-24(26)22(18-23-10-7-14-27-23)17-19-11-12-20-8-5-6-9-21(20)16-19/h5-6,8-9,11-12,16,22-23H,3-4,7,10,13-15,17-18H2,1-2H3/t22-,23+/m0/s1. The van der Waals surface area contributed by atoms with Crippen LogP contribution in [0.2, 0.25) is 0 Å². The van der Waals surface area contributed by atoms with Gasteiger partial charge in [0.1, 0.15) is 6.61 Å². The number of likely N-dealkylation sites (N-methyl/N-ethyl adjacent to an activating group) is 1. The summed E-state index contributed by atoms with van der Waals surface area (Å²) in [5.41, 5.74) is 1.18. The monoisotopic (exact) mass is 383 g/mol. The third kappa shape index (κ3) is 5.79. The quantitative estimate of drug-likeness (QED) is 0.568. The Morgan fingerprint density at radius 2 is 1.96 bits per heavy atom. The summed E-state index contributed by atoms with van der Waals surface area (Å²) in [5.74, 6) is -0.239. The van der Waals surface area contributed by atoms with Gasteiger partial charge in [0.05, 0.1) is 12.0 Å². The second-order valence-corrected chi connectivity index (χ2v) is 7.65. The first-order chi connectivity index (χ1) is 13.7. The first-order valence-electron chi connectivity index (χ1n) is 10.7. The molecule has 2 aromatic carbocycles. The van der Waals surface area contributed by atoms with Crippen molar-refractivity contribution in [2.45, 2.75) is 45.6 Å². The van der Waals surface area contributed by atoms with Gasteiger partial charge in [-0.3, -0.25) is 4.79 Å². The van der Waals surface area contributed by atoms with Crippen LogP contribution in [0.25, 0.3) is 10.8 Å². The van der Waals surface area contributed by atoms with Crippen molar-refractivity contribution < 1.29 is 14.3 Å². The van der Waals surface area contributed by atoms with Crippen LogP contribution in [0.4, 0.5) is 0 Å². The second-order valence-electron chi connectivity index (χ2n) is 7.65. The summed E-state index contributed by atoms with van der Waals surface area (Å²) in [4.78, 5) is 15.1. The van der Waals surface area contributed by atoms with Crippen LogP contribution in [0.3, 0.4) is 0 Å². The molecule has 2 atom stereocenters. The number of benzene rings is 2. The zero-order chi connectivity index (χ0) is 19.8. The molecule has 4 nitrogen and oxygen atoms in total. The van der Waals surface area contributed by atoms with Gasteiger partial charge in [0.2, 0.25) is 0 Å². The summed E-state index contributed by atoms with van der Waals surface area (Å²) in [6.07, 6.45) is 3.76. The zero-order valence-electron chi connectivity index (χ0n) is 17.2. The highest BCUT2D eigenvalue weighted by Gasteiger charge is 2.27. The van der Waals surface area contributed by atoms with Gasteiger partial charge in [0.15, 0.2) is 0 Å². The molecule has 0 aromatic heterocycles. The molecule has 28 heavy (non-hydrogen) atoms. The second kappa shape index (κ2) is 10.6. The topological polar surface area (TPSA) is 38.8 Å². The molecular formula is C24H33NO3. The van der Waals surface area contributed by atoms with Gasteiger partial charge < -0.3 is 14.4 Å². The Balaban J connectivity index is 1.65. The molecule has 0 bridgehead atoms. The molecule has 1 aliphatic rings. The van der Waals surface area contributed by atoms with E-state index in [1.807, 2.05) is 0 Å². The number of carbonyl (C=O) groups excluding carboxylic acids is 1. The van der Waals surface area contributed by atoms with Gasteiger partial charge in [-0.05, 0) is 55.1 Å². The summed E-state index contributed by atoms with van der Waals surface area (Å²) < 4.78 is 11.5. The van der Waals surface area contributed by atoms with Crippen LogP contribution in [-0.2, 0) is 20.7 Å². The maximum atomic E-state index is 12.9. The zero-order valence-corrected chi connectivity index (χ0v) is 17.2. The summed E-state index contributed by atoms with van der Waals surface area (Å²) in [5, 5.41) is 2.44.